The summed E-state index contributed by atoms with van der Waals surface area (Å²) < 4.78 is 0. The molecule has 0 spiro atoms. The molecule has 22 heavy (non-hydrogen) atoms. The van der Waals surface area contributed by atoms with Gasteiger partial charge >= 0.3 is 0 Å². The third-order valence-electron chi connectivity index (χ3n) is 3.92. The Kier molecular flexibility index (Phi) is 5.90. The molecule has 0 aliphatic carbocycles. The van der Waals surface area contributed by atoms with Gasteiger partial charge in [-0.2, -0.15) is 0 Å². The summed E-state index contributed by atoms with van der Waals surface area (Å²) in [5.74, 6) is -0.0127. The molecule has 0 fully saturated rings. The summed E-state index contributed by atoms with van der Waals surface area (Å²) in [6.07, 6.45) is 0.968. The fourth-order valence-corrected chi connectivity index (χ4v) is 2.64. The molecular formula is C18H25N3O. The van der Waals surface area contributed by atoms with E-state index in [9.17, 15) is 4.79 Å². The van der Waals surface area contributed by atoms with E-state index in [0.29, 0.717) is 12.1 Å². The number of rotatable bonds is 7. The van der Waals surface area contributed by atoms with E-state index in [1.54, 1.807) is 0 Å². The van der Waals surface area contributed by atoms with Crippen molar-refractivity contribution in [2.45, 2.75) is 27.2 Å². The molecular weight excluding hydrogens is 274 g/mol. The highest BCUT2D eigenvalue weighted by Crippen LogP contribution is 2.18. The summed E-state index contributed by atoms with van der Waals surface area (Å²) in [5.41, 5.74) is 2.45. The van der Waals surface area contributed by atoms with Crippen molar-refractivity contribution < 1.29 is 4.79 Å². The van der Waals surface area contributed by atoms with Crippen LogP contribution < -0.4 is 5.32 Å². The Labute approximate surface area is 132 Å². The van der Waals surface area contributed by atoms with E-state index in [1.807, 2.05) is 37.3 Å². The second-order valence-corrected chi connectivity index (χ2v) is 5.46. The summed E-state index contributed by atoms with van der Waals surface area (Å²) in [5, 5.41) is 3.94. The number of nitrogens with zero attached hydrogens (tertiary/aromatic N) is 2. The zero-order valence-electron chi connectivity index (χ0n) is 13.7. The van der Waals surface area contributed by atoms with Crippen LogP contribution in [0, 0.1) is 6.92 Å². The summed E-state index contributed by atoms with van der Waals surface area (Å²) in [7, 11) is 0. The molecule has 0 aliphatic rings. The van der Waals surface area contributed by atoms with Crippen LogP contribution in [0.3, 0.4) is 0 Å². The number of nitrogens with one attached hydrogen (secondary N) is 1. The Morgan fingerprint density at radius 3 is 2.68 bits per heavy atom. The standard InChI is InChI=1S/C18H25N3O/c1-4-21(5-2)12-8-11-19-18(22)16-13-14(3)20-17-10-7-6-9-15(16)17/h6-7,9-10,13H,4-5,8,11-12H2,1-3H3,(H,19,22). The lowest BCUT2D eigenvalue weighted by atomic mass is 10.1. The molecule has 2 rings (SSSR count). The molecule has 0 aliphatic heterocycles. The van der Waals surface area contributed by atoms with E-state index in [0.717, 1.165) is 42.7 Å². The third kappa shape index (κ3) is 4.04. The van der Waals surface area contributed by atoms with Gasteiger partial charge < -0.3 is 10.2 Å². The Hall–Kier alpha value is -1.94. The molecule has 1 heterocycles. The van der Waals surface area contributed by atoms with Gasteiger partial charge in [0.15, 0.2) is 0 Å². The van der Waals surface area contributed by atoms with E-state index in [1.165, 1.54) is 0 Å². The van der Waals surface area contributed by atoms with Gasteiger partial charge in [0.25, 0.3) is 5.91 Å². The average Bonchev–Trinajstić information content (AvgIpc) is 2.54. The van der Waals surface area contributed by atoms with E-state index >= 15 is 0 Å². The first-order valence-electron chi connectivity index (χ1n) is 8.02. The van der Waals surface area contributed by atoms with Gasteiger partial charge in [-0.15, -0.1) is 0 Å². The summed E-state index contributed by atoms with van der Waals surface area (Å²) >= 11 is 0. The van der Waals surface area contributed by atoms with Gasteiger partial charge in [-0.25, -0.2) is 0 Å². The van der Waals surface area contributed by atoms with E-state index in [4.69, 9.17) is 0 Å². The molecule has 1 N–H and O–H groups in total. The topological polar surface area (TPSA) is 45.2 Å². The SMILES string of the molecule is CCN(CC)CCCNC(=O)c1cc(C)nc2ccccc12. The molecule has 1 aromatic heterocycles. The van der Waals surface area contributed by atoms with Crippen molar-refractivity contribution in [1.82, 2.24) is 15.2 Å². The molecule has 4 nitrogen and oxygen atoms in total. The first-order valence-corrected chi connectivity index (χ1v) is 8.02. The molecule has 118 valence electrons. The number of para-hydroxylation sites is 1. The Bertz CT molecular complexity index is 635. The van der Waals surface area contributed by atoms with Crippen LogP contribution in [0.5, 0.6) is 0 Å². The van der Waals surface area contributed by atoms with Crippen molar-refractivity contribution in [1.29, 1.82) is 0 Å². The fraction of sp³-hybridized carbons (Fsp3) is 0.444. The number of amides is 1. The minimum absolute atomic E-state index is 0.0127. The fourth-order valence-electron chi connectivity index (χ4n) is 2.64. The van der Waals surface area contributed by atoms with Gasteiger partial charge in [-0.05, 0) is 45.1 Å². The van der Waals surface area contributed by atoms with Crippen LogP contribution in [0.25, 0.3) is 10.9 Å². The lowest BCUT2D eigenvalue weighted by Gasteiger charge is -2.17. The molecule has 1 aromatic carbocycles. The van der Waals surface area contributed by atoms with Crippen LogP contribution in [0.1, 0.15) is 36.3 Å². The van der Waals surface area contributed by atoms with Gasteiger partial charge in [-0.3, -0.25) is 9.78 Å². The third-order valence-corrected chi connectivity index (χ3v) is 3.92. The number of hydrogen-bond donors (Lipinski definition) is 1. The highest BCUT2D eigenvalue weighted by Gasteiger charge is 2.11. The maximum atomic E-state index is 12.4. The van der Waals surface area contributed by atoms with Crippen LogP contribution in [0.2, 0.25) is 0 Å². The van der Waals surface area contributed by atoms with Crippen molar-refractivity contribution in [3.05, 3.63) is 41.6 Å². The van der Waals surface area contributed by atoms with Crippen molar-refractivity contribution in [2.24, 2.45) is 0 Å². The maximum absolute atomic E-state index is 12.4. The zero-order valence-corrected chi connectivity index (χ0v) is 13.7. The lowest BCUT2D eigenvalue weighted by molar-refractivity contribution is 0.0953. The molecule has 0 bridgehead atoms. The van der Waals surface area contributed by atoms with Crippen LogP contribution in [0.4, 0.5) is 0 Å². The number of fused-ring (bicyclic) bond motifs is 1. The summed E-state index contributed by atoms with van der Waals surface area (Å²) in [6, 6.07) is 9.64. The molecule has 2 aromatic rings. The van der Waals surface area contributed by atoms with E-state index in [-0.39, 0.29) is 5.91 Å². The van der Waals surface area contributed by atoms with Crippen LogP contribution in [-0.4, -0.2) is 42.0 Å². The van der Waals surface area contributed by atoms with E-state index in [2.05, 4.69) is 29.0 Å². The quantitative estimate of drug-likeness (QED) is 0.799. The predicted octanol–water partition coefficient (Wildman–Crippen LogP) is 3.00. The number of pyridine rings is 1. The van der Waals surface area contributed by atoms with Crippen molar-refractivity contribution in [3.63, 3.8) is 0 Å². The first-order chi connectivity index (χ1) is 10.7. The molecule has 0 saturated heterocycles. The number of carbonyl (C=O) groups excluding carboxylic acids is 1. The van der Waals surface area contributed by atoms with Gasteiger partial charge in [-0.1, -0.05) is 32.0 Å². The molecule has 4 heteroatoms. The molecule has 1 amide bonds. The lowest BCUT2D eigenvalue weighted by Crippen LogP contribution is -2.30. The molecule has 0 saturated carbocycles. The number of aromatic nitrogens is 1. The largest absolute Gasteiger partial charge is 0.352 e. The minimum Gasteiger partial charge on any atom is -0.352 e. The van der Waals surface area contributed by atoms with Gasteiger partial charge in [0.05, 0.1) is 11.1 Å². The van der Waals surface area contributed by atoms with E-state index < -0.39 is 0 Å². The Morgan fingerprint density at radius 2 is 1.95 bits per heavy atom. The van der Waals surface area contributed by atoms with Gasteiger partial charge in [0.1, 0.15) is 0 Å². The molecule has 0 atom stereocenters. The van der Waals surface area contributed by atoms with Crippen LogP contribution in [0.15, 0.2) is 30.3 Å². The van der Waals surface area contributed by atoms with Crippen LogP contribution in [-0.2, 0) is 0 Å². The Balaban J connectivity index is 2.01. The maximum Gasteiger partial charge on any atom is 0.252 e. The Morgan fingerprint density at radius 1 is 1.23 bits per heavy atom. The van der Waals surface area contributed by atoms with Crippen molar-refractivity contribution in [2.75, 3.05) is 26.2 Å². The number of carbonyl (C=O) groups is 1. The van der Waals surface area contributed by atoms with Gasteiger partial charge in [0, 0.05) is 17.6 Å². The second kappa shape index (κ2) is 7.90. The summed E-state index contributed by atoms with van der Waals surface area (Å²) in [4.78, 5) is 19.3. The number of aryl methyl sites for hydroxylation is 1. The van der Waals surface area contributed by atoms with Crippen molar-refractivity contribution >= 4 is 16.8 Å². The highest BCUT2D eigenvalue weighted by atomic mass is 16.1. The number of hydrogen-bond acceptors (Lipinski definition) is 3. The first kappa shape index (κ1) is 16.4. The second-order valence-electron chi connectivity index (χ2n) is 5.46. The smallest absolute Gasteiger partial charge is 0.252 e. The average molecular weight is 299 g/mol. The summed E-state index contributed by atoms with van der Waals surface area (Å²) in [6.45, 7) is 10.1. The highest BCUT2D eigenvalue weighted by molar-refractivity contribution is 6.06. The number of benzene rings is 1. The van der Waals surface area contributed by atoms with Gasteiger partial charge in [0.2, 0.25) is 0 Å². The molecule has 0 unspecified atom stereocenters. The van der Waals surface area contributed by atoms with Crippen LogP contribution >= 0.6 is 0 Å². The van der Waals surface area contributed by atoms with Crippen molar-refractivity contribution in [3.8, 4) is 0 Å². The normalized spacial score (nSPS) is 11.1. The zero-order chi connectivity index (χ0) is 15.9. The molecule has 0 radical (unpaired) electrons. The predicted molar refractivity (Wildman–Crippen MR) is 91.2 cm³/mol. The minimum atomic E-state index is -0.0127. The monoisotopic (exact) mass is 299 g/mol.